The summed E-state index contributed by atoms with van der Waals surface area (Å²) in [6.07, 6.45) is 1.82. The molecule has 1 aromatic heterocycles. The standard InChI is InChI=1S/C17H20FN3O3/c1-11-19-17(24-21-11)16(13-6-8-23-9-7-13)20-15(22)10-12-2-4-14(18)5-3-12/h2-5,13,16H,6-10H2,1H3,(H,20,22)/t16-/m0/s1. The van der Waals surface area contributed by atoms with Crippen molar-refractivity contribution < 1.29 is 18.4 Å². The summed E-state index contributed by atoms with van der Waals surface area (Å²) in [4.78, 5) is 16.7. The average molecular weight is 333 g/mol. The Labute approximate surface area is 139 Å². The van der Waals surface area contributed by atoms with Crippen LogP contribution in [-0.2, 0) is 16.0 Å². The Morgan fingerprint density at radius 3 is 2.67 bits per heavy atom. The van der Waals surface area contributed by atoms with Crippen molar-refractivity contribution >= 4 is 5.91 Å². The van der Waals surface area contributed by atoms with Gasteiger partial charge in [0.05, 0.1) is 6.42 Å². The summed E-state index contributed by atoms with van der Waals surface area (Å²) in [7, 11) is 0. The zero-order valence-electron chi connectivity index (χ0n) is 13.5. The van der Waals surface area contributed by atoms with E-state index in [4.69, 9.17) is 9.26 Å². The van der Waals surface area contributed by atoms with E-state index in [-0.39, 0.29) is 30.1 Å². The van der Waals surface area contributed by atoms with E-state index < -0.39 is 0 Å². The van der Waals surface area contributed by atoms with Crippen LogP contribution in [0, 0.1) is 18.7 Å². The fourth-order valence-corrected chi connectivity index (χ4v) is 2.88. The summed E-state index contributed by atoms with van der Waals surface area (Å²) >= 11 is 0. The lowest BCUT2D eigenvalue weighted by Gasteiger charge is -2.28. The number of aryl methyl sites for hydroxylation is 1. The van der Waals surface area contributed by atoms with Crippen LogP contribution in [0.15, 0.2) is 28.8 Å². The highest BCUT2D eigenvalue weighted by molar-refractivity contribution is 5.78. The first-order valence-corrected chi connectivity index (χ1v) is 8.03. The van der Waals surface area contributed by atoms with Gasteiger partial charge in [0.25, 0.3) is 0 Å². The molecule has 1 fully saturated rings. The van der Waals surface area contributed by atoms with Gasteiger partial charge in [-0.05, 0) is 43.4 Å². The van der Waals surface area contributed by atoms with E-state index in [1.54, 1.807) is 19.1 Å². The molecule has 3 rings (SSSR count). The fourth-order valence-electron chi connectivity index (χ4n) is 2.88. The Kier molecular flexibility index (Phi) is 5.20. The van der Waals surface area contributed by atoms with Crippen LogP contribution >= 0.6 is 0 Å². The molecule has 7 heteroatoms. The van der Waals surface area contributed by atoms with E-state index in [2.05, 4.69) is 15.5 Å². The highest BCUT2D eigenvalue weighted by Crippen LogP contribution is 2.29. The van der Waals surface area contributed by atoms with Gasteiger partial charge in [-0.15, -0.1) is 0 Å². The Morgan fingerprint density at radius 1 is 1.33 bits per heavy atom. The van der Waals surface area contributed by atoms with Crippen LogP contribution in [0.25, 0.3) is 0 Å². The number of nitrogens with zero attached hydrogens (tertiary/aromatic N) is 2. The van der Waals surface area contributed by atoms with Crippen molar-refractivity contribution in [1.29, 1.82) is 0 Å². The van der Waals surface area contributed by atoms with Crippen LogP contribution in [0.2, 0.25) is 0 Å². The number of benzene rings is 1. The van der Waals surface area contributed by atoms with Crippen molar-refractivity contribution in [2.75, 3.05) is 13.2 Å². The molecule has 1 amide bonds. The molecule has 128 valence electrons. The number of ether oxygens (including phenoxy) is 1. The maximum Gasteiger partial charge on any atom is 0.249 e. The van der Waals surface area contributed by atoms with Gasteiger partial charge in [-0.3, -0.25) is 4.79 Å². The molecule has 2 heterocycles. The minimum absolute atomic E-state index is 0.158. The van der Waals surface area contributed by atoms with E-state index in [1.165, 1.54) is 12.1 Å². The van der Waals surface area contributed by atoms with Crippen LogP contribution in [0.1, 0.15) is 36.2 Å². The van der Waals surface area contributed by atoms with Gasteiger partial charge in [-0.1, -0.05) is 17.3 Å². The molecule has 1 atom stereocenters. The maximum absolute atomic E-state index is 13.0. The zero-order valence-corrected chi connectivity index (χ0v) is 13.5. The second-order valence-electron chi connectivity index (χ2n) is 5.98. The van der Waals surface area contributed by atoms with Crippen LogP contribution in [0.5, 0.6) is 0 Å². The van der Waals surface area contributed by atoms with Gasteiger partial charge < -0.3 is 14.6 Å². The largest absolute Gasteiger partial charge is 0.381 e. The number of hydrogen-bond donors (Lipinski definition) is 1. The molecule has 0 unspecified atom stereocenters. The fraction of sp³-hybridized carbons (Fsp3) is 0.471. The van der Waals surface area contributed by atoms with Crippen LogP contribution in [0.3, 0.4) is 0 Å². The second kappa shape index (κ2) is 7.53. The number of halogens is 1. The lowest BCUT2D eigenvalue weighted by molar-refractivity contribution is -0.122. The first-order valence-electron chi connectivity index (χ1n) is 8.03. The van der Waals surface area contributed by atoms with Crippen molar-refractivity contribution in [1.82, 2.24) is 15.5 Å². The summed E-state index contributed by atoms with van der Waals surface area (Å²) in [6.45, 7) is 3.05. The average Bonchev–Trinajstić information content (AvgIpc) is 3.02. The van der Waals surface area contributed by atoms with Gasteiger partial charge >= 0.3 is 0 Å². The van der Waals surface area contributed by atoms with Crippen molar-refractivity contribution in [2.45, 2.75) is 32.2 Å². The van der Waals surface area contributed by atoms with Crippen LogP contribution < -0.4 is 5.32 Å². The molecule has 1 aromatic carbocycles. The number of aromatic nitrogens is 2. The van der Waals surface area contributed by atoms with Gasteiger partial charge in [-0.25, -0.2) is 4.39 Å². The highest BCUT2D eigenvalue weighted by Gasteiger charge is 2.31. The van der Waals surface area contributed by atoms with Crippen LogP contribution in [-0.4, -0.2) is 29.3 Å². The third-order valence-electron chi connectivity index (χ3n) is 4.14. The Morgan fingerprint density at radius 2 is 2.04 bits per heavy atom. The summed E-state index contributed by atoms with van der Waals surface area (Å²) < 4.78 is 23.6. The summed E-state index contributed by atoms with van der Waals surface area (Å²) in [5, 5.41) is 6.82. The van der Waals surface area contributed by atoms with Crippen molar-refractivity contribution in [3.8, 4) is 0 Å². The molecule has 0 radical (unpaired) electrons. The SMILES string of the molecule is Cc1noc([C@@H](NC(=O)Cc2ccc(F)cc2)C2CCOCC2)n1. The van der Waals surface area contributed by atoms with Gasteiger partial charge in [0, 0.05) is 13.2 Å². The normalized spacial score (nSPS) is 16.8. The molecule has 0 bridgehead atoms. The van der Waals surface area contributed by atoms with E-state index in [9.17, 15) is 9.18 Å². The molecule has 0 aliphatic carbocycles. The molecule has 1 aliphatic heterocycles. The van der Waals surface area contributed by atoms with E-state index in [1.807, 2.05) is 0 Å². The summed E-state index contributed by atoms with van der Waals surface area (Å²) in [5.41, 5.74) is 0.751. The van der Waals surface area contributed by atoms with E-state index in [0.717, 1.165) is 18.4 Å². The Bertz CT molecular complexity index is 681. The minimum Gasteiger partial charge on any atom is -0.381 e. The van der Waals surface area contributed by atoms with Crippen molar-refractivity contribution in [3.63, 3.8) is 0 Å². The quantitative estimate of drug-likeness (QED) is 0.909. The first kappa shape index (κ1) is 16.6. The zero-order chi connectivity index (χ0) is 16.9. The molecule has 2 aromatic rings. The predicted molar refractivity (Wildman–Crippen MR) is 83.6 cm³/mol. The third-order valence-corrected chi connectivity index (χ3v) is 4.14. The molecule has 6 nitrogen and oxygen atoms in total. The minimum atomic E-state index is -0.331. The molecule has 0 spiro atoms. The number of amides is 1. The lowest BCUT2D eigenvalue weighted by atomic mass is 9.91. The van der Waals surface area contributed by atoms with Crippen molar-refractivity contribution in [2.24, 2.45) is 5.92 Å². The lowest BCUT2D eigenvalue weighted by Crippen LogP contribution is -2.37. The smallest absolute Gasteiger partial charge is 0.249 e. The summed E-state index contributed by atoms with van der Waals surface area (Å²) in [6, 6.07) is 5.58. The predicted octanol–water partition coefficient (Wildman–Crippen LogP) is 2.34. The van der Waals surface area contributed by atoms with E-state index in [0.29, 0.717) is 24.9 Å². The number of nitrogens with one attached hydrogen (secondary N) is 1. The third kappa shape index (κ3) is 4.17. The first-order chi connectivity index (χ1) is 11.6. The number of carbonyl (C=O) groups is 1. The van der Waals surface area contributed by atoms with Gasteiger partial charge in [0.2, 0.25) is 11.8 Å². The number of carbonyl (C=O) groups excluding carboxylic acids is 1. The molecular weight excluding hydrogens is 313 g/mol. The molecule has 1 saturated heterocycles. The van der Waals surface area contributed by atoms with Crippen molar-refractivity contribution in [3.05, 3.63) is 47.4 Å². The molecule has 1 N–H and O–H groups in total. The second-order valence-corrected chi connectivity index (χ2v) is 5.98. The van der Waals surface area contributed by atoms with E-state index >= 15 is 0 Å². The topological polar surface area (TPSA) is 77.2 Å². The number of rotatable bonds is 5. The maximum atomic E-state index is 13.0. The Balaban J connectivity index is 1.70. The molecule has 1 aliphatic rings. The van der Waals surface area contributed by atoms with Gasteiger partial charge in [-0.2, -0.15) is 4.98 Å². The monoisotopic (exact) mass is 333 g/mol. The molecular formula is C17H20FN3O3. The molecule has 0 saturated carbocycles. The summed E-state index contributed by atoms with van der Waals surface area (Å²) in [5.74, 6) is 0.673. The van der Waals surface area contributed by atoms with Gasteiger partial charge in [0.1, 0.15) is 11.9 Å². The molecule has 24 heavy (non-hydrogen) atoms. The Hall–Kier alpha value is -2.28. The van der Waals surface area contributed by atoms with Crippen LogP contribution in [0.4, 0.5) is 4.39 Å². The number of hydrogen-bond acceptors (Lipinski definition) is 5. The van der Waals surface area contributed by atoms with Gasteiger partial charge in [0.15, 0.2) is 5.82 Å². The highest BCUT2D eigenvalue weighted by atomic mass is 19.1.